The summed E-state index contributed by atoms with van der Waals surface area (Å²) in [6.07, 6.45) is 1.57. The molecule has 0 saturated carbocycles. The fraction of sp³-hybridized carbons (Fsp3) is 0.471. The Morgan fingerprint density at radius 3 is 2.60 bits per heavy atom. The number of rotatable bonds is 4. The summed E-state index contributed by atoms with van der Waals surface area (Å²) in [6.45, 7) is 9.60. The molecule has 0 unspecified atom stereocenters. The maximum Gasteiger partial charge on any atom is 0.266 e. The van der Waals surface area contributed by atoms with Crippen molar-refractivity contribution >= 4 is 39.8 Å². The highest BCUT2D eigenvalue weighted by molar-refractivity contribution is 7.17. The lowest BCUT2D eigenvalue weighted by Gasteiger charge is -2.36. The molecule has 3 rings (SSSR count). The van der Waals surface area contributed by atoms with Crippen molar-refractivity contribution in [1.29, 1.82) is 0 Å². The summed E-state index contributed by atoms with van der Waals surface area (Å²) in [5.74, 6) is 0.721. The van der Waals surface area contributed by atoms with E-state index in [1.54, 1.807) is 18.3 Å². The number of thiazole rings is 1. The van der Waals surface area contributed by atoms with Crippen LogP contribution in [0.5, 0.6) is 0 Å². The molecule has 8 heteroatoms. The van der Waals surface area contributed by atoms with Crippen molar-refractivity contribution in [3.8, 4) is 0 Å². The molecular formula is C17H22ClN5OS. The molecule has 0 radical (unpaired) electrons. The van der Waals surface area contributed by atoms with Crippen LogP contribution in [0.25, 0.3) is 0 Å². The average molecular weight is 380 g/mol. The van der Waals surface area contributed by atoms with Crippen LogP contribution in [0.3, 0.4) is 0 Å². The van der Waals surface area contributed by atoms with Crippen molar-refractivity contribution in [2.24, 2.45) is 0 Å². The molecule has 6 nitrogen and oxygen atoms in total. The van der Waals surface area contributed by atoms with E-state index >= 15 is 0 Å². The smallest absolute Gasteiger partial charge is 0.266 e. The highest BCUT2D eigenvalue weighted by Gasteiger charge is 2.26. The van der Waals surface area contributed by atoms with Gasteiger partial charge in [0.1, 0.15) is 10.7 Å². The molecule has 1 N–H and O–H groups in total. The molecule has 0 bridgehead atoms. The van der Waals surface area contributed by atoms with Crippen LogP contribution in [0, 0.1) is 6.92 Å². The van der Waals surface area contributed by atoms with Gasteiger partial charge in [-0.2, -0.15) is 0 Å². The Hall–Kier alpha value is -1.70. The average Bonchev–Trinajstić information content (AvgIpc) is 2.96. The summed E-state index contributed by atoms with van der Waals surface area (Å²) in [5, 5.41) is 4.38. The first kappa shape index (κ1) is 18.1. The zero-order valence-electron chi connectivity index (χ0n) is 14.6. The van der Waals surface area contributed by atoms with E-state index < -0.39 is 0 Å². The maximum atomic E-state index is 12.8. The minimum absolute atomic E-state index is 0.0653. The number of carbonyl (C=O) groups excluding carboxylic acids is 1. The fourth-order valence-electron chi connectivity index (χ4n) is 2.79. The van der Waals surface area contributed by atoms with Crippen molar-refractivity contribution in [3.05, 3.63) is 33.9 Å². The normalized spacial score (nSPS) is 15.6. The lowest BCUT2D eigenvalue weighted by atomic mass is 10.2. The number of hydrogen-bond acceptors (Lipinski definition) is 6. The van der Waals surface area contributed by atoms with Gasteiger partial charge < -0.3 is 10.2 Å². The maximum absolute atomic E-state index is 12.8. The summed E-state index contributed by atoms with van der Waals surface area (Å²) >= 11 is 7.21. The molecule has 1 amide bonds. The molecule has 0 aromatic carbocycles. The summed E-state index contributed by atoms with van der Waals surface area (Å²) in [6, 6.07) is 4.06. The summed E-state index contributed by atoms with van der Waals surface area (Å²) in [4.78, 5) is 26.5. The third-order valence-corrected chi connectivity index (χ3v) is 5.57. The van der Waals surface area contributed by atoms with Gasteiger partial charge in [0.2, 0.25) is 0 Å². The summed E-state index contributed by atoms with van der Waals surface area (Å²) < 4.78 is 0. The Bertz CT molecular complexity index is 738. The van der Waals surface area contributed by atoms with Crippen LogP contribution in [0.4, 0.5) is 10.9 Å². The number of pyridine rings is 1. The van der Waals surface area contributed by atoms with Gasteiger partial charge in [-0.15, -0.1) is 0 Å². The fourth-order valence-corrected chi connectivity index (χ4v) is 3.85. The van der Waals surface area contributed by atoms with Crippen LogP contribution < -0.4 is 5.32 Å². The highest BCUT2D eigenvalue weighted by Crippen LogP contribution is 2.27. The van der Waals surface area contributed by atoms with E-state index in [4.69, 9.17) is 11.6 Å². The van der Waals surface area contributed by atoms with Crippen LogP contribution in [-0.4, -0.2) is 57.9 Å². The first-order chi connectivity index (χ1) is 11.9. The van der Waals surface area contributed by atoms with Gasteiger partial charge in [0.25, 0.3) is 5.91 Å². The Balaban J connectivity index is 1.67. The second-order valence-electron chi connectivity index (χ2n) is 6.34. The van der Waals surface area contributed by atoms with Gasteiger partial charge in [-0.25, -0.2) is 9.97 Å². The number of aromatic nitrogens is 2. The highest BCUT2D eigenvalue weighted by atomic mass is 35.5. The van der Waals surface area contributed by atoms with Crippen LogP contribution in [0.15, 0.2) is 18.3 Å². The number of aryl methyl sites for hydroxylation is 1. The Morgan fingerprint density at radius 1 is 1.28 bits per heavy atom. The van der Waals surface area contributed by atoms with Gasteiger partial charge in [0.05, 0.1) is 10.7 Å². The van der Waals surface area contributed by atoms with Crippen LogP contribution in [0.2, 0.25) is 5.02 Å². The molecule has 0 spiro atoms. The van der Waals surface area contributed by atoms with Gasteiger partial charge in [-0.3, -0.25) is 9.69 Å². The van der Waals surface area contributed by atoms with E-state index in [-0.39, 0.29) is 5.91 Å². The van der Waals surface area contributed by atoms with E-state index in [2.05, 4.69) is 34.0 Å². The standard InChI is InChI=1S/C17H22ClN5OS/c1-11(2)22-6-8-23(9-7-22)16(24)15-12(3)20-17(25-15)21-14-5-4-13(18)10-19-14/h4-5,10-11H,6-9H2,1-3H3,(H,19,20,21). The van der Waals surface area contributed by atoms with E-state index in [1.165, 1.54) is 11.3 Å². The van der Waals surface area contributed by atoms with Crippen molar-refractivity contribution in [2.75, 3.05) is 31.5 Å². The SMILES string of the molecule is Cc1nc(Nc2ccc(Cl)cn2)sc1C(=O)N1CCN(C(C)C)CC1. The van der Waals surface area contributed by atoms with Gasteiger partial charge in [-0.1, -0.05) is 22.9 Å². The molecule has 134 valence electrons. The molecule has 2 aromatic rings. The molecule has 1 aliphatic heterocycles. The minimum Gasteiger partial charge on any atom is -0.335 e. The summed E-state index contributed by atoms with van der Waals surface area (Å²) in [7, 11) is 0. The van der Waals surface area contributed by atoms with Gasteiger partial charge in [0, 0.05) is 38.4 Å². The Morgan fingerprint density at radius 2 is 2.00 bits per heavy atom. The molecule has 0 atom stereocenters. The second-order valence-corrected chi connectivity index (χ2v) is 7.78. The zero-order valence-corrected chi connectivity index (χ0v) is 16.2. The number of hydrogen-bond donors (Lipinski definition) is 1. The zero-order chi connectivity index (χ0) is 18.0. The number of amides is 1. The number of nitrogens with one attached hydrogen (secondary N) is 1. The molecule has 0 aliphatic carbocycles. The van der Waals surface area contributed by atoms with E-state index in [1.807, 2.05) is 11.8 Å². The predicted molar refractivity (Wildman–Crippen MR) is 102 cm³/mol. The molecule has 1 aliphatic rings. The molecular weight excluding hydrogens is 358 g/mol. The molecule has 25 heavy (non-hydrogen) atoms. The van der Waals surface area contributed by atoms with E-state index in [9.17, 15) is 4.79 Å². The Labute approximate surface area is 156 Å². The van der Waals surface area contributed by atoms with Crippen LogP contribution in [0.1, 0.15) is 29.2 Å². The van der Waals surface area contributed by atoms with E-state index in [0.717, 1.165) is 31.9 Å². The Kier molecular flexibility index (Phi) is 5.56. The molecule has 1 fully saturated rings. The third kappa shape index (κ3) is 4.29. The van der Waals surface area contributed by atoms with E-state index in [0.29, 0.717) is 26.9 Å². The second kappa shape index (κ2) is 7.68. The number of nitrogens with zero attached hydrogens (tertiary/aromatic N) is 4. The van der Waals surface area contributed by atoms with Crippen molar-refractivity contribution in [1.82, 2.24) is 19.8 Å². The largest absolute Gasteiger partial charge is 0.335 e. The molecule has 1 saturated heterocycles. The van der Waals surface area contributed by atoms with Crippen molar-refractivity contribution < 1.29 is 4.79 Å². The van der Waals surface area contributed by atoms with Crippen LogP contribution >= 0.6 is 22.9 Å². The molecule has 2 aromatic heterocycles. The van der Waals surface area contributed by atoms with Gasteiger partial charge >= 0.3 is 0 Å². The monoisotopic (exact) mass is 379 g/mol. The van der Waals surface area contributed by atoms with Crippen molar-refractivity contribution in [2.45, 2.75) is 26.8 Å². The van der Waals surface area contributed by atoms with Crippen LogP contribution in [-0.2, 0) is 0 Å². The number of carbonyl (C=O) groups is 1. The molecule has 3 heterocycles. The summed E-state index contributed by atoms with van der Waals surface area (Å²) in [5.41, 5.74) is 0.748. The quantitative estimate of drug-likeness (QED) is 0.882. The van der Waals surface area contributed by atoms with Gasteiger partial charge in [-0.05, 0) is 32.9 Å². The minimum atomic E-state index is 0.0653. The number of halogens is 1. The van der Waals surface area contributed by atoms with Crippen molar-refractivity contribution in [3.63, 3.8) is 0 Å². The topological polar surface area (TPSA) is 61.4 Å². The third-order valence-electron chi connectivity index (χ3n) is 4.28. The first-order valence-electron chi connectivity index (χ1n) is 8.33. The number of piperazine rings is 1. The first-order valence-corrected chi connectivity index (χ1v) is 9.53. The number of anilines is 2. The lowest BCUT2D eigenvalue weighted by molar-refractivity contribution is 0.0599. The predicted octanol–water partition coefficient (Wildman–Crippen LogP) is 3.41. The van der Waals surface area contributed by atoms with Gasteiger partial charge in [0.15, 0.2) is 5.13 Å². The lowest BCUT2D eigenvalue weighted by Crippen LogP contribution is -2.50.